The minimum absolute atomic E-state index is 0.173. The fraction of sp³-hybridized carbons (Fsp3) is 0.600. The molecule has 0 aliphatic carbocycles. The van der Waals surface area contributed by atoms with Crippen molar-refractivity contribution in [1.82, 2.24) is 9.97 Å². The van der Waals surface area contributed by atoms with Crippen LogP contribution in [0, 0.1) is 0 Å². The van der Waals surface area contributed by atoms with E-state index < -0.39 is 0 Å². The highest BCUT2D eigenvalue weighted by Crippen LogP contribution is 2.08. The number of rotatable bonds is 6. The summed E-state index contributed by atoms with van der Waals surface area (Å²) in [6.07, 6.45) is 1.67. The third-order valence-corrected chi connectivity index (χ3v) is 1.71. The van der Waals surface area contributed by atoms with Gasteiger partial charge in [0.2, 0.25) is 11.8 Å². The van der Waals surface area contributed by atoms with E-state index in [4.69, 9.17) is 9.47 Å². The molecule has 0 aliphatic heterocycles. The SMILES string of the molecule is CCOc1ccnc(NC(C)COC)n1. The first kappa shape index (κ1) is 11.7. The standard InChI is InChI=1S/C10H17N3O2/c1-4-15-9-5-6-11-10(13-9)12-8(2)7-14-3/h5-6,8H,4,7H2,1-3H3,(H,11,12,13). The van der Waals surface area contributed by atoms with Crippen LogP contribution >= 0.6 is 0 Å². The van der Waals surface area contributed by atoms with E-state index in [9.17, 15) is 0 Å². The van der Waals surface area contributed by atoms with E-state index in [0.29, 0.717) is 25.0 Å². The number of ether oxygens (including phenoxy) is 2. The first-order valence-corrected chi connectivity index (χ1v) is 4.97. The molecule has 5 heteroatoms. The van der Waals surface area contributed by atoms with Crippen LogP contribution in [-0.2, 0) is 4.74 Å². The normalized spacial score (nSPS) is 12.2. The van der Waals surface area contributed by atoms with Gasteiger partial charge in [0.15, 0.2) is 0 Å². The molecule has 1 rings (SSSR count). The van der Waals surface area contributed by atoms with Gasteiger partial charge in [0.1, 0.15) is 0 Å². The van der Waals surface area contributed by atoms with Gasteiger partial charge in [0.25, 0.3) is 0 Å². The van der Waals surface area contributed by atoms with Crippen LogP contribution in [0.5, 0.6) is 5.88 Å². The van der Waals surface area contributed by atoms with E-state index >= 15 is 0 Å². The maximum absolute atomic E-state index is 5.27. The van der Waals surface area contributed by atoms with Gasteiger partial charge in [-0.25, -0.2) is 4.98 Å². The Balaban J connectivity index is 2.56. The van der Waals surface area contributed by atoms with Crippen LogP contribution in [0.3, 0.4) is 0 Å². The van der Waals surface area contributed by atoms with Gasteiger partial charge >= 0.3 is 0 Å². The van der Waals surface area contributed by atoms with E-state index in [1.54, 1.807) is 19.4 Å². The molecule has 1 aromatic heterocycles. The highest BCUT2D eigenvalue weighted by molar-refractivity contribution is 5.28. The van der Waals surface area contributed by atoms with Crippen molar-refractivity contribution in [2.45, 2.75) is 19.9 Å². The van der Waals surface area contributed by atoms with Crippen LogP contribution in [0.25, 0.3) is 0 Å². The Bertz CT molecular complexity index is 294. The van der Waals surface area contributed by atoms with Crippen molar-refractivity contribution in [3.05, 3.63) is 12.3 Å². The second-order valence-corrected chi connectivity index (χ2v) is 3.15. The topological polar surface area (TPSA) is 56.3 Å². The minimum Gasteiger partial charge on any atom is -0.478 e. The number of aromatic nitrogens is 2. The van der Waals surface area contributed by atoms with Crippen molar-refractivity contribution in [3.8, 4) is 5.88 Å². The van der Waals surface area contributed by atoms with Crippen LogP contribution in [0.1, 0.15) is 13.8 Å². The fourth-order valence-corrected chi connectivity index (χ4v) is 1.15. The summed E-state index contributed by atoms with van der Waals surface area (Å²) in [7, 11) is 1.66. The average Bonchev–Trinajstić information content (AvgIpc) is 2.19. The van der Waals surface area contributed by atoms with Crippen molar-refractivity contribution >= 4 is 5.95 Å². The Morgan fingerprint density at radius 2 is 2.33 bits per heavy atom. The number of hydrogen-bond acceptors (Lipinski definition) is 5. The van der Waals surface area contributed by atoms with Crippen LogP contribution < -0.4 is 10.1 Å². The van der Waals surface area contributed by atoms with Gasteiger partial charge in [0, 0.05) is 25.4 Å². The average molecular weight is 211 g/mol. The Kier molecular flexibility index (Phi) is 4.83. The van der Waals surface area contributed by atoms with E-state index in [0.717, 1.165) is 0 Å². The van der Waals surface area contributed by atoms with Gasteiger partial charge in [-0.1, -0.05) is 0 Å². The monoisotopic (exact) mass is 211 g/mol. The molecule has 5 nitrogen and oxygen atoms in total. The predicted octanol–water partition coefficient (Wildman–Crippen LogP) is 1.32. The van der Waals surface area contributed by atoms with Crippen LogP contribution in [0.15, 0.2) is 12.3 Å². The molecule has 1 atom stereocenters. The molecule has 1 aromatic rings. The maximum Gasteiger partial charge on any atom is 0.226 e. The summed E-state index contributed by atoms with van der Waals surface area (Å²) in [4.78, 5) is 8.27. The van der Waals surface area contributed by atoms with Crippen LogP contribution in [0.2, 0.25) is 0 Å². The molecule has 15 heavy (non-hydrogen) atoms. The van der Waals surface area contributed by atoms with E-state index in [-0.39, 0.29) is 6.04 Å². The summed E-state index contributed by atoms with van der Waals surface area (Å²) in [5, 5.41) is 3.11. The Labute approximate surface area is 89.8 Å². The summed E-state index contributed by atoms with van der Waals surface area (Å²) < 4.78 is 10.3. The lowest BCUT2D eigenvalue weighted by molar-refractivity contribution is 0.190. The zero-order valence-corrected chi connectivity index (χ0v) is 9.36. The van der Waals surface area contributed by atoms with Gasteiger partial charge in [-0.05, 0) is 13.8 Å². The van der Waals surface area contributed by atoms with E-state index in [1.807, 2.05) is 13.8 Å². The first-order chi connectivity index (χ1) is 7.26. The molecular formula is C10H17N3O2. The van der Waals surface area contributed by atoms with E-state index in [2.05, 4.69) is 15.3 Å². The molecular weight excluding hydrogens is 194 g/mol. The summed E-state index contributed by atoms with van der Waals surface area (Å²) in [5.74, 6) is 1.14. The third kappa shape index (κ3) is 4.12. The van der Waals surface area contributed by atoms with Gasteiger partial charge in [-0.2, -0.15) is 4.98 Å². The molecule has 0 bridgehead atoms. The summed E-state index contributed by atoms with van der Waals surface area (Å²) >= 11 is 0. The third-order valence-electron chi connectivity index (χ3n) is 1.71. The lowest BCUT2D eigenvalue weighted by Gasteiger charge is -2.12. The molecule has 84 valence electrons. The van der Waals surface area contributed by atoms with E-state index in [1.165, 1.54) is 0 Å². The molecule has 0 saturated carbocycles. The highest BCUT2D eigenvalue weighted by atomic mass is 16.5. The minimum atomic E-state index is 0.173. The number of hydrogen-bond donors (Lipinski definition) is 1. The van der Waals surface area contributed by atoms with Gasteiger partial charge in [-0.3, -0.25) is 0 Å². The Morgan fingerprint density at radius 1 is 1.53 bits per heavy atom. The lowest BCUT2D eigenvalue weighted by atomic mass is 10.4. The maximum atomic E-state index is 5.27. The van der Waals surface area contributed by atoms with Crippen LogP contribution in [-0.4, -0.2) is 36.3 Å². The van der Waals surface area contributed by atoms with Crippen LogP contribution in [0.4, 0.5) is 5.95 Å². The Hall–Kier alpha value is -1.36. The second-order valence-electron chi connectivity index (χ2n) is 3.15. The molecule has 0 fully saturated rings. The zero-order chi connectivity index (χ0) is 11.1. The highest BCUT2D eigenvalue weighted by Gasteiger charge is 2.04. The van der Waals surface area contributed by atoms with Crippen molar-refractivity contribution in [1.29, 1.82) is 0 Å². The quantitative estimate of drug-likeness (QED) is 0.769. The lowest BCUT2D eigenvalue weighted by Crippen LogP contribution is -2.22. The zero-order valence-electron chi connectivity index (χ0n) is 9.36. The largest absolute Gasteiger partial charge is 0.478 e. The smallest absolute Gasteiger partial charge is 0.226 e. The first-order valence-electron chi connectivity index (χ1n) is 4.97. The van der Waals surface area contributed by atoms with Crippen molar-refractivity contribution in [2.75, 3.05) is 25.6 Å². The van der Waals surface area contributed by atoms with Crippen molar-refractivity contribution in [3.63, 3.8) is 0 Å². The molecule has 1 unspecified atom stereocenters. The number of nitrogens with zero attached hydrogens (tertiary/aromatic N) is 2. The molecule has 0 aromatic carbocycles. The molecule has 0 spiro atoms. The molecule has 0 radical (unpaired) electrons. The summed E-state index contributed by atoms with van der Waals surface area (Å²) in [5.41, 5.74) is 0. The molecule has 1 N–H and O–H groups in total. The number of nitrogens with one attached hydrogen (secondary N) is 1. The van der Waals surface area contributed by atoms with Crippen molar-refractivity contribution < 1.29 is 9.47 Å². The number of anilines is 1. The summed E-state index contributed by atoms with van der Waals surface area (Å²) in [6.45, 7) is 5.13. The molecule has 1 heterocycles. The van der Waals surface area contributed by atoms with Crippen molar-refractivity contribution in [2.24, 2.45) is 0 Å². The Morgan fingerprint density at radius 3 is 3.00 bits per heavy atom. The van der Waals surface area contributed by atoms with Gasteiger partial charge in [-0.15, -0.1) is 0 Å². The predicted molar refractivity (Wildman–Crippen MR) is 58.2 cm³/mol. The van der Waals surface area contributed by atoms with Gasteiger partial charge < -0.3 is 14.8 Å². The molecule has 0 saturated heterocycles. The number of methoxy groups -OCH3 is 1. The fourth-order valence-electron chi connectivity index (χ4n) is 1.15. The summed E-state index contributed by atoms with van der Waals surface area (Å²) in [6, 6.07) is 1.90. The second kappa shape index (κ2) is 6.19. The molecule has 0 aliphatic rings. The molecule has 0 amide bonds. The van der Waals surface area contributed by atoms with Gasteiger partial charge in [0.05, 0.1) is 13.2 Å².